The lowest BCUT2D eigenvalue weighted by molar-refractivity contribution is 0.0682. The van der Waals surface area contributed by atoms with E-state index in [1.165, 1.54) is 19.3 Å². The maximum atomic E-state index is 13.3. The van der Waals surface area contributed by atoms with Gasteiger partial charge >= 0.3 is 0 Å². The molecule has 1 atom stereocenters. The predicted octanol–water partition coefficient (Wildman–Crippen LogP) is 4.17. The molecule has 5 rings (SSSR count). The van der Waals surface area contributed by atoms with Gasteiger partial charge in [-0.15, -0.1) is 0 Å². The number of nitrogens with zero attached hydrogens (tertiary/aromatic N) is 3. The van der Waals surface area contributed by atoms with E-state index in [4.69, 9.17) is 0 Å². The van der Waals surface area contributed by atoms with Gasteiger partial charge < -0.3 is 9.88 Å². The molecule has 152 valence electrons. The number of aromatic nitrogens is 3. The van der Waals surface area contributed by atoms with E-state index in [0.717, 1.165) is 59.9 Å². The molecule has 2 aliphatic rings. The third-order valence-electron chi connectivity index (χ3n) is 6.75. The largest absolute Gasteiger partial charge is 0.338 e. The Kier molecular flexibility index (Phi) is 4.45. The highest BCUT2D eigenvalue weighted by molar-refractivity contribution is 6.07. The van der Waals surface area contributed by atoms with Gasteiger partial charge in [0.25, 0.3) is 11.5 Å². The zero-order valence-corrected chi connectivity index (χ0v) is 17.2. The number of piperidine rings is 1. The Hall–Kier alpha value is -2.63. The van der Waals surface area contributed by atoms with Gasteiger partial charge in [0, 0.05) is 24.0 Å². The number of aryl methyl sites for hydroxylation is 1. The number of nitrogens with one attached hydrogen (secondary N) is 1. The summed E-state index contributed by atoms with van der Waals surface area (Å²) in [7, 11) is 0. The lowest BCUT2D eigenvalue weighted by Crippen LogP contribution is -2.39. The number of hydrogen-bond acceptors (Lipinski definition) is 3. The normalized spacial score (nSPS) is 20.8. The van der Waals surface area contributed by atoms with E-state index in [0.29, 0.717) is 17.3 Å². The Morgan fingerprint density at radius 2 is 1.93 bits per heavy atom. The van der Waals surface area contributed by atoms with Crippen LogP contribution in [-0.2, 0) is 0 Å². The third-order valence-corrected chi connectivity index (χ3v) is 6.75. The van der Waals surface area contributed by atoms with Crippen LogP contribution in [0.3, 0.4) is 0 Å². The fourth-order valence-electron chi connectivity index (χ4n) is 5.19. The second-order valence-electron chi connectivity index (χ2n) is 8.96. The van der Waals surface area contributed by atoms with Crippen molar-refractivity contribution in [3.8, 4) is 0 Å². The Morgan fingerprint density at radius 1 is 1.14 bits per heavy atom. The maximum absolute atomic E-state index is 13.3. The SMILES string of the molecule is Cc1cc2[nH]c(=O)c3cnn(C4CCCC4)c3c2cc1C(=O)N1CCCC(C)C1. The average molecular weight is 393 g/mol. The molecule has 1 amide bonds. The van der Waals surface area contributed by atoms with Gasteiger partial charge in [-0.2, -0.15) is 5.10 Å². The van der Waals surface area contributed by atoms with Crippen LogP contribution >= 0.6 is 0 Å². The number of carbonyl (C=O) groups is 1. The van der Waals surface area contributed by atoms with E-state index in [-0.39, 0.29) is 11.5 Å². The molecule has 6 heteroatoms. The summed E-state index contributed by atoms with van der Waals surface area (Å²) in [5.74, 6) is 0.641. The number of fused-ring (bicyclic) bond motifs is 3. The van der Waals surface area contributed by atoms with E-state index < -0.39 is 0 Å². The van der Waals surface area contributed by atoms with E-state index >= 15 is 0 Å². The van der Waals surface area contributed by atoms with Gasteiger partial charge in [-0.3, -0.25) is 14.3 Å². The first-order valence-electron chi connectivity index (χ1n) is 10.9. The van der Waals surface area contributed by atoms with Gasteiger partial charge in [0.2, 0.25) is 0 Å². The zero-order chi connectivity index (χ0) is 20.1. The molecule has 2 aromatic heterocycles. The summed E-state index contributed by atoms with van der Waals surface area (Å²) >= 11 is 0. The number of likely N-dealkylation sites (tertiary alicyclic amines) is 1. The van der Waals surface area contributed by atoms with Gasteiger partial charge in [0.05, 0.1) is 28.7 Å². The van der Waals surface area contributed by atoms with Crippen molar-refractivity contribution in [1.29, 1.82) is 0 Å². The topological polar surface area (TPSA) is 71.0 Å². The van der Waals surface area contributed by atoms with Crippen LogP contribution in [-0.4, -0.2) is 38.7 Å². The molecule has 0 spiro atoms. The maximum Gasteiger partial charge on any atom is 0.259 e. The van der Waals surface area contributed by atoms with Crippen molar-refractivity contribution >= 4 is 27.7 Å². The molecular weight excluding hydrogens is 364 g/mol. The minimum absolute atomic E-state index is 0.0993. The van der Waals surface area contributed by atoms with Crippen molar-refractivity contribution in [3.05, 3.63) is 39.8 Å². The second kappa shape index (κ2) is 7.01. The van der Waals surface area contributed by atoms with Crippen molar-refractivity contribution in [2.75, 3.05) is 13.1 Å². The Labute approximate surface area is 169 Å². The first-order chi connectivity index (χ1) is 14.0. The first kappa shape index (κ1) is 18.4. The number of carbonyl (C=O) groups excluding carboxylic acids is 1. The predicted molar refractivity (Wildman–Crippen MR) is 114 cm³/mol. The van der Waals surface area contributed by atoms with Gasteiger partial charge in [0.1, 0.15) is 0 Å². The number of benzene rings is 1. The number of aromatic amines is 1. The molecule has 0 bridgehead atoms. The molecule has 1 aromatic carbocycles. The summed E-state index contributed by atoms with van der Waals surface area (Å²) in [5.41, 5.74) is 3.18. The van der Waals surface area contributed by atoms with Crippen LogP contribution in [0.1, 0.15) is 67.4 Å². The highest BCUT2D eigenvalue weighted by atomic mass is 16.2. The van der Waals surface area contributed by atoms with Crippen LogP contribution in [0.5, 0.6) is 0 Å². The summed E-state index contributed by atoms with van der Waals surface area (Å²) < 4.78 is 2.03. The van der Waals surface area contributed by atoms with Crippen LogP contribution in [0.4, 0.5) is 0 Å². The monoisotopic (exact) mass is 392 g/mol. The smallest absolute Gasteiger partial charge is 0.259 e. The molecule has 1 aliphatic carbocycles. The fraction of sp³-hybridized carbons (Fsp3) is 0.522. The van der Waals surface area contributed by atoms with Crippen molar-refractivity contribution in [2.45, 2.75) is 58.4 Å². The molecular formula is C23H28N4O2. The van der Waals surface area contributed by atoms with Crippen molar-refractivity contribution in [2.24, 2.45) is 5.92 Å². The Balaban J connectivity index is 1.68. The van der Waals surface area contributed by atoms with Crippen LogP contribution in [0, 0.1) is 12.8 Å². The number of hydrogen-bond donors (Lipinski definition) is 1. The van der Waals surface area contributed by atoms with Gasteiger partial charge in [0.15, 0.2) is 0 Å². The lowest BCUT2D eigenvalue weighted by atomic mass is 9.97. The molecule has 6 nitrogen and oxygen atoms in total. The first-order valence-corrected chi connectivity index (χ1v) is 10.9. The standard InChI is InChI=1S/C23H28N4O2/c1-14-6-5-9-26(13-14)23(29)17-11-18-20(10-15(17)2)25-22(28)19-12-24-27(21(18)19)16-7-3-4-8-16/h10-12,14,16H,3-9,13H2,1-2H3,(H,25,28). The summed E-state index contributed by atoms with van der Waals surface area (Å²) in [6.45, 7) is 5.80. The summed E-state index contributed by atoms with van der Waals surface area (Å²) in [6.07, 6.45) is 8.50. The van der Waals surface area contributed by atoms with Gasteiger partial charge in [-0.05, 0) is 56.2 Å². The Bertz CT molecular complexity index is 1150. The molecule has 29 heavy (non-hydrogen) atoms. The van der Waals surface area contributed by atoms with Crippen LogP contribution in [0.25, 0.3) is 21.8 Å². The molecule has 1 unspecified atom stereocenters. The quantitative estimate of drug-likeness (QED) is 0.711. The van der Waals surface area contributed by atoms with Crippen LogP contribution in [0.2, 0.25) is 0 Å². The average Bonchev–Trinajstić information content (AvgIpc) is 3.37. The van der Waals surface area contributed by atoms with Gasteiger partial charge in [-0.1, -0.05) is 19.8 Å². The van der Waals surface area contributed by atoms with Crippen LogP contribution < -0.4 is 5.56 Å². The van der Waals surface area contributed by atoms with E-state index in [1.54, 1.807) is 6.20 Å². The molecule has 1 saturated heterocycles. The zero-order valence-electron chi connectivity index (χ0n) is 17.2. The summed E-state index contributed by atoms with van der Waals surface area (Å²) in [5, 5.41) is 6.12. The molecule has 0 radical (unpaired) electrons. The summed E-state index contributed by atoms with van der Waals surface area (Å²) in [6, 6.07) is 4.27. The van der Waals surface area contributed by atoms with Crippen LogP contribution in [0.15, 0.2) is 23.1 Å². The van der Waals surface area contributed by atoms with Crippen molar-refractivity contribution in [1.82, 2.24) is 19.7 Å². The molecule has 1 saturated carbocycles. The van der Waals surface area contributed by atoms with E-state index in [1.807, 2.05) is 28.6 Å². The van der Waals surface area contributed by atoms with Crippen molar-refractivity contribution in [3.63, 3.8) is 0 Å². The van der Waals surface area contributed by atoms with Crippen molar-refractivity contribution < 1.29 is 4.79 Å². The number of H-pyrrole nitrogens is 1. The minimum atomic E-state index is -0.111. The molecule has 1 N–H and O–H groups in total. The Morgan fingerprint density at radius 3 is 2.69 bits per heavy atom. The van der Waals surface area contributed by atoms with Gasteiger partial charge in [-0.25, -0.2) is 0 Å². The molecule has 1 aliphatic heterocycles. The molecule has 2 fully saturated rings. The van der Waals surface area contributed by atoms with E-state index in [2.05, 4.69) is 17.0 Å². The molecule has 3 heterocycles. The highest BCUT2D eigenvalue weighted by Crippen LogP contribution is 2.34. The third kappa shape index (κ3) is 3.05. The number of rotatable bonds is 2. The highest BCUT2D eigenvalue weighted by Gasteiger charge is 2.25. The molecule has 3 aromatic rings. The number of pyridine rings is 1. The fourth-order valence-corrected chi connectivity index (χ4v) is 5.19. The lowest BCUT2D eigenvalue weighted by Gasteiger charge is -2.31. The summed E-state index contributed by atoms with van der Waals surface area (Å²) in [4.78, 5) is 31.0. The number of amides is 1. The minimum Gasteiger partial charge on any atom is -0.338 e. The van der Waals surface area contributed by atoms with E-state index in [9.17, 15) is 9.59 Å². The second-order valence-corrected chi connectivity index (χ2v) is 8.96.